The zero-order valence-corrected chi connectivity index (χ0v) is 7.09. The second-order valence-corrected chi connectivity index (χ2v) is 0. The third-order valence-corrected chi connectivity index (χ3v) is 0. The predicted octanol–water partition coefficient (Wildman–Crippen LogP) is 1.68. The number of hydrogen-bond acceptors (Lipinski definition) is 0. The molecule has 0 aliphatic carbocycles. The van der Waals surface area contributed by atoms with Crippen molar-refractivity contribution in [1.82, 2.24) is 0 Å². The summed E-state index contributed by atoms with van der Waals surface area (Å²) in [6.45, 7) is 10.0. The molecule has 0 radical (unpaired) electrons. The van der Waals surface area contributed by atoms with Gasteiger partial charge in [0.05, 0.1) is 0 Å². The molecule has 0 unspecified atom stereocenters. The first-order valence-electron chi connectivity index (χ1n) is 1.41. The van der Waals surface area contributed by atoms with Gasteiger partial charge in [0.15, 0.2) is 0 Å². The van der Waals surface area contributed by atoms with Crippen LogP contribution in [-0.2, 0) is 19.5 Å². The van der Waals surface area contributed by atoms with Crippen LogP contribution in [0.15, 0.2) is 0 Å². The van der Waals surface area contributed by atoms with Crippen molar-refractivity contribution in [2.45, 2.75) is 13.8 Å². The quantitative estimate of drug-likeness (QED) is 0.340. The summed E-state index contributed by atoms with van der Waals surface area (Å²) >= 11 is 0. The van der Waals surface area contributed by atoms with E-state index in [9.17, 15) is 0 Å². The van der Waals surface area contributed by atoms with E-state index in [0.29, 0.717) is 0 Å². The van der Waals surface area contributed by atoms with Gasteiger partial charge in [-0.05, 0) is 0 Å². The summed E-state index contributed by atoms with van der Waals surface area (Å²) in [5, 5.41) is 0. The minimum atomic E-state index is 0. The van der Waals surface area contributed by atoms with Crippen LogP contribution in [0.1, 0.15) is 13.8 Å². The number of hydrogen-bond donors (Lipinski definition) is 0. The van der Waals surface area contributed by atoms with E-state index in [1.54, 1.807) is 13.8 Å². The van der Waals surface area contributed by atoms with Crippen LogP contribution >= 0.6 is 0 Å². The van der Waals surface area contributed by atoms with Crippen molar-refractivity contribution in [3.63, 3.8) is 0 Å². The van der Waals surface area contributed by atoms with Gasteiger partial charge in [-0.3, -0.25) is 0 Å². The maximum Gasteiger partial charge on any atom is 2.00 e. The smallest absolute Gasteiger partial charge is 0.346 e. The van der Waals surface area contributed by atoms with Gasteiger partial charge >= 0.3 is 19.5 Å². The molecule has 0 heterocycles. The molecule has 0 atom stereocenters. The molecule has 0 spiro atoms. The van der Waals surface area contributed by atoms with Crippen LogP contribution in [0.4, 0.5) is 0 Å². The van der Waals surface area contributed by atoms with E-state index in [1.165, 1.54) is 0 Å². The van der Waals surface area contributed by atoms with Crippen LogP contribution in [0, 0.1) is 13.8 Å². The Kier molecular flexibility index (Phi) is 546. The van der Waals surface area contributed by atoms with Gasteiger partial charge in [-0.15, -0.1) is 0 Å². The standard InChI is InChI=1S/2C2H5.Zn/c2*1-2;/h2*1H2,2H3;/q2*-1;+2. The molecule has 28 valence electrons. The van der Waals surface area contributed by atoms with Crippen LogP contribution in [0.5, 0.6) is 0 Å². The Labute approximate surface area is 47.7 Å². The van der Waals surface area contributed by atoms with Gasteiger partial charge in [-0.25, -0.2) is 0 Å². The second-order valence-electron chi connectivity index (χ2n) is 0. The maximum atomic E-state index is 3.25. The van der Waals surface area contributed by atoms with Crippen LogP contribution in [0.3, 0.4) is 0 Å². The fraction of sp³-hybridized carbons (Fsp3) is 0.500. The fourth-order valence-corrected chi connectivity index (χ4v) is 0. The van der Waals surface area contributed by atoms with Crippen molar-refractivity contribution in [3.05, 3.63) is 13.8 Å². The monoisotopic (exact) mass is 122 g/mol. The SMILES string of the molecule is [CH2-]C.[CH2-]C.[Zn+2]. The normalized spacial score (nSPS) is 2.40. The molecule has 0 nitrogen and oxygen atoms in total. The maximum absolute atomic E-state index is 3.25. The summed E-state index contributed by atoms with van der Waals surface area (Å²) in [5.74, 6) is 0. The average Bonchev–Trinajstić information content (AvgIpc) is 1.50. The third-order valence-electron chi connectivity index (χ3n) is 0. The van der Waals surface area contributed by atoms with Crippen molar-refractivity contribution in [2.24, 2.45) is 0 Å². The molecule has 0 rings (SSSR count). The molecule has 0 N–H and O–H groups in total. The minimum Gasteiger partial charge on any atom is -0.346 e. The molecule has 0 aliphatic rings. The zero-order valence-electron chi connectivity index (χ0n) is 4.12. The molecule has 0 bridgehead atoms. The molecule has 0 saturated heterocycles. The predicted molar refractivity (Wildman–Crippen MR) is 22.1 cm³/mol. The van der Waals surface area contributed by atoms with E-state index < -0.39 is 0 Å². The van der Waals surface area contributed by atoms with Gasteiger partial charge in [-0.1, -0.05) is 0 Å². The van der Waals surface area contributed by atoms with Gasteiger partial charge in [0.2, 0.25) is 0 Å². The van der Waals surface area contributed by atoms with Gasteiger partial charge in [0.25, 0.3) is 0 Å². The van der Waals surface area contributed by atoms with Crippen LogP contribution in [0.25, 0.3) is 0 Å². The van der Waals surface area contributed by atoms with E-state index >= 15 is 0 Å². The van der Waals surface area contributed by atoms with Crippen molar-refractivity contribution in [3.8, 4) is 0 Å². The average molecular weight is 124 g/mol. The van der Waals surface area contributed by atoms with E-state index in [1.807, 2.05) is 0 Å². The summed E-state index contributed by atoms with van der Waals surface area (Å²) in [4.78, 5) is 0. The summed E-state index contributed by atoms with van der Waals surface area (Å²) < 4.78 is 0. The Morgan fingerprint density at radius 1 is 0.800 bits per heavy atom. The van der Waals surface area contributed by atoms with Gasteiger partial charge < -0.3 is 13.8 Å². The molecule has 1 heteroatoms. The molecule has 0 aromatic heterocycles. The third kappa shape index (κ3) is 81.9. The summed E-state index contributed by atoms with van der Waals surface area (Å²) in [5.41, 5.74) is 0. The largest absolute Gasteiger partial charge is 2.00 e. The number of rotatable bonds is 0. The Morgan fingerprint density at radius 2 is 0.800 bits per heavy atom. The molecule has 0 aromatic carbocycles. The first-order chi connectivity index (χ1) is 2.00. The second kappa shape index (κ2) is 156. The van der Waals surface area contributed by atoms with Crippen molar-refractivity contribution in [1.29, 1.82) is 0 Å². The molecule has 0 fully saturated rings. The summed E-state index contributed by atoms with van der Waals surface area (Å²) in [7, 11) is 0. The van der Waals surface area contributed by atoms with Crippen LogP contribution in [0.2, 0.25) is 0 Å². The molecular formula is C4H10Zn. The first-order valence-corrected chi connectivity index (χ1v) is 1.41. The fourth-order valence-electron chi connectivity index (χ4n) is 0. The molecule has 0 aliphatic heterocycles. The zero-order chi connectivity index (χ0) is 4.00. The van der Waals surface area contributed by atoms with Crippen LogP contribution < -0.4 is 0 Å². The summed E-state index contributed by atoms with van der Waals surface area (Å²) in [6, 6.07) is 0. The molecule has 5 heavy (non-hydrogen) atoms. The minimum absolute atomic E-state index is 0. The van der Waals surface area contributed by atoms with E-state index in [4.69, 9.17) is 0 Å². The Balaban J connectivity index is -0.0000000133. The Morgan fingerprint density at radius 3 is 0.800 bits per heavy atom. The molecule has 0 aromatic rings. The van der Waals surface area contributed by atoms with Crippen molar-refractivity contribution < 1.29 is 19.5 Å². The van der Waals surface area contributed by atoms with E-state index in [-0.39, 0.29) is 19.5 Å². The van der Waals surface area contributed by atoms with Gasteiger partial charge in [0, 0.05) is 0 Å². The Bertz CT molecular complexity index is 3.61. The van der Waals surface area contributed by atoms with Crippen LogP contribution in [-0.4, -0.2) is 0 Å². The van der Waals surface area contributed by atoms with Crippen molar-refractivity contribution in [2.75, 3.05) is 0 Å². The van der Waals surface area contributed by atoms with E-state index in [2.05, 4.69) is 13.8 Å². The van der Waals surface area contributed by atoms with Gasteiger partial charge in [0.1, 0.15) is 0 Å². The topological polar surface area (TPSA) is 0 Å². The Hall–Kier alpha value is 0.623. The molecule has 0 saturated carbocycles. The molecule has 0 amide bonds. The van der Waals surface area contributed by atoms with Crippen molar-refractivity contribution >= 4 is 0 Å². The molecular weight excluding hydrogens is 113 g/mol. The summed E-state index contributed by atoms with van der Waals surface area (Å²) in [6.07, 6.45) is 0. The first kappa shape index (κ1) is 17.5. The van der Waals surface area contributed by atoms with E-state index in [0.717, 1.165) is 0 Å². The van der Waals surface area contributed by atoms with Gasteiger partial charge in [-0.2, -0.15) is 13.8 Å².